The van der Waals surface area contributed by atoms with Crippen molar-refractivity contribution in [2.45, 2.75) is 0 Å². The van der Waals surface area contributed by atoms with Crippen LogP contribution in [-0.2, 0) is 14.4 Å². The number of hydrogen-bond donors (Lipinski definition) is 2. The molecule has 0 bridgehead atoms. The van der Waals surface area contributed by atoms with Crippen LogP contribution in [0, 0.1) is 13.7 Å². The maximum Gasteiger partial charge on any atom is 0.335 e. The van der Waals surface area contributed by atoms with Crippen LogP contribution in [0.5, 0.6) is 11.5 Å². The Kier molecular flexibility index (Phi) is 8.19. The Morgan fingerprint density at radius 3 is 2.44 bits per heavy atom. The predicted octanol–water partition coefficient (Wildman–Crippen LogP) is 3.89. The number of barbiturate groups is 1. The van der Waals surface area contributed by atoms with Crippen LogP contribution in [-0.4, -0.2) is 42.4 Å². The predicted molar refractivity (Wildman–Crippen MR) is 148 cm³/mol. The average Bonchev–Trinajstić information content (AvgIpc) is 2.91. The zero-order chi connectivity index (χ0) is 28.1. The molecule has 0 radical (unpaired) electrons. The fourth-order valence-electron chi connectivity index (χ4n) is 3.60. The third-order valence-corrected chi connectivity index (χ3v) is 6.19. The van der Waals surface area contributed by atoms with Gasteiger partial charge in [-0.15, -0.1) is 0 Å². The molecule has 0 aromatic heterocycles. The number of nitrogens with zero attached hydrogens (tertiary/aromatic N) is 2. The number of nitrogens with one attached hydrogen (secondary N) is 2. The summed E-state index contributed by atoms with van der Waals surface area (Å²) in [5, 5.41) is 15.7. The lowest BCUT2D eigenvalue weighted by Crippen LogP contribution is -2.54. The number of carbonyl (C=O) groups is 4. The summed E-state index contributed by atoms with van der Waals surface area (Å²) >= 11 is 1.96. The molecule has 0 aliphatic carbocycles. The largest absolute Gasteiger partial charge is 0.493 e. The summed E-state index contributed by atoms with van der Waals surface area (Å²) in [6.45, 7) is -0.297. The second kappa shape index (κ2) is 11.7. The number of rotatable bonds is 8. The second-order valence-electron chi connectivity index (χ2n) is 7.97. The quantitative estimate of drug-likeness (QED) is 0.123. The van der Waals surface area contributed by atoms with Crippen LogP contribution in [0.15, 0.2) is 72.3 Å². The van der Waals surface area contributed by atoms with E-state index in [1.807, 2.05) is 28.7 Å². The molecule has 3 aromatic carbocycles. The van der Waals surface area contributed by atoms with Crippen molar-refractivity contribution in [2.24, 2.45) is 0 Å². The van der Waals surface area contributed by atoms with Crippen molar-refractivity contribution in [3.8, 4) is 11.5 Å². The number of methoxy groups -OCH3 is 1. The van der Waals surface area contributed by atoms with Crippen LogP contribution in [0.1, 0.15) is 5.56 Å². The van der Waals surface area contributed by atoms with Gasteiger partial charge in [0.2, 0.25) is 0 Å². The summed E-state index contributed by atoms with van der Waals surface area (Å²) in [7, 11) is 1.40. The number of para-hydroxylation sites is 1. The number of halogens is 1. The van der Waals surface area contributed by atoms with Crippen molar-refractivity contribution in [1.82, 2.24) is 5.32 Å². The molecular formula is C26H19IN4O8. The summed E-state index contributed by atoms with van der Waals surface area (Å²) < 4.78 is 11.6. The van der Waals surface area contributed by atoms with Gasteiger partial charge in [0.15, 0.2) is 18.1 Å². The van der Waals surface area contributed by atoms with E-state index in [-0.39, 0.29) is 41.0 Å². The number of anilines is 2. The monoisotopic (exact) mass is 642 g/mol. The molecule has 0 spiro atoms. The van der Waals surface area contributed by atoms with Gasteiger partial charge in [-0.3, -0.25) is 29.8 Å². The normalized spacial score (nSPS) is 14.2. The minimum atomic E-state index is -0.985. The highest BCUT2D eigenvalue weighted by Crippen LogP contribution is 2.35. The molecule has 1 aliphatic rings. The summed E-state index contributed by atoms with van der Waals surface area (Å²) in [6.07, 6.45) is 1.28. The molecule has 4 rings (SSSR count). The molecule has 0 saturated carbocycles. The lowest BCUT2D eigenvalue weighted by molar-refractivity contribution is -0.384. The van der Waals surface area contributed by atoms with Gasteiger partial charge in [-0.1, -0.05) is 18.2 Å². The van der Waals surface area contributed by atoms with Crippen molar-refractivity contribution < 1.29 is 33.6 Å². The summed E-state index contributed by atoms with van der Waals surface area (Å²) in [5.74, 6) is -1.68. The van der Waals surface area contributed by atoms with E-state index in [2.05, 4.69) is 10.6 Å². The number of hydrogen-bond acceptors (Lipinski definition) is 8. The van der Waals surface area contributed by atoms with Crippen LogP contribution in [0.25, 0.3) is 6.08 Å². The SMILES string of the molecule is COc1cc(/C=C2\C(=O)NC(=O)N(c3ccc([N+](=O)[O-])cc3)C2=O)cc(I)c1OCC(=O)Nc1ccccc1. The van der Waals surface area contributed by atoms with Gasteiger partial charge in [-0.2, -0.15) is 0 Å². The lowest BCUT2D eigenvalue weighted by atomic mass is 10.1. The first kappa shape index (κ1) is 27.3. The summed E-state index contributed by atoms with van der Waals surface area (Å²) in [6, 6.07) is 15.7. The molecule has 1 saturated heterocycles. The Morgan fingerprint density at radius 1 is 1.10 bits per heavy atom. The lowest BCUT2D eigenvalue weighted by Gasteiger charge is -2.26. The first-order valence-electron chi connectivity index (χ1n) is 11.2. The number of non-ortho nitro benzene ring substituents is 1. The molecule has 12 nitrogen and oxygen atoms in total. The highest BCUT2D eigenvalue weighted by molar-refractivity contribution is 14.1. The number of ether oxygens (including phenoxy) is 2. The van der Waals surface area contributed by atoms with Crippen LogP contribution < -0.4 is 25.0 Å². The van der Waals surface area contributed by atoms with E-state index in [1.54, 1.807) is 30.3 Å². The van der Waals surface area contributed by atoms with Crippen LogP contribution in [0.4, 0.5) is 21.9 Å². The van der Waals surface area contributed by atoms with E-state index in [9.17, 15) is 29.3 Å². The summed E-state index contributed by atoms with van der Waals surface area (Å²) in [5.41, 5.74) is 0.477. The first-order valence-corrected chi connectivity index (χ1v) is 12.3. The van der Waals surface area contributed by atoms with Gasteiger partial charge in [0.25, 0.3) is 23.4 Å². The van der Waals surface area contributed by atoms with Crippen molar-refractivity contribution >= 4 is 69.5 Å². The van der Waals surface area contributed by atoms with Gasteiger partial charge in [0, 0.05) is 17.8 Å². The molecule has 1 heterocycles. The number of carbonyl (C=O) groups excluding carboxylic acids is 4. The Balaban J connectivity index is 1.56. The van der Waals surface area contributed by atoms with Crippen LogP contribution in [0.3, 0.4) is 0 Å². The zero-order valence-electron chi connectivity index (χ0n) is 20.2. The van der Waals surface area contributed by atoms with Crippen molar-refractivity contribution in [2.75, 3.05) is 23.9 Å². The number of nitro benzene ring substituents is 1. The maximum absolute atomic E-state index is 13.1. The highest BCUT2D eigenvalue weighted by atomic mass is 127. The molecule has 198 valence electrons. The Bertz CT molecular complexity index is 1510. The minimum Gasteiger partial charge on any atom is -0.493 e. The van der Waals surface area contributed by atoms with E-state index >= 15 is 0 Å². The van der Waals surface area contributed by atoms with Crippen molar-refractivity contribution in [3.05, 3.63) is 91.6 Å². The average molecular weight is 642 g/mol. The third-order valence-electron chi connectivity index (χ3n) is 5.39. The fourth-order valence-corrected chi connectivity index (χ4v) is 4.38. The molecule has 0 unspecified atom stereocenters. The van der Waals surface area contributed by atoms with E-state index in [4.69, 9.17) is 9.47 Å². The maximum atomic E-state index is 13.1. The molecule has 3 aromatic rings. The van der Waals surface area contributed by atoms with Crippen molar-refractivity contribution in [1.29, 1.82) is 0 Å². The second-order valence-corrected chi connectivity index (χ2v) is 9.13. The van der Waals surface area contributed by atoms with Gasteiger partial charge < -0.3 is 14.8 Å². The zero-order valence-corrected chi connectivity index (χ0v) is 22.3. The number of benzene rings is 3. The summed E-state index contributed by atoms with van der Waals surface area (Å²) in [4.78, 5) is 61.4. The Hall–Kier alpha value is -4.79. The fraction of sp³-hybridized carbons (Fsp3) is 0.0769. The molecular weight excluding hydrogens is 623 g/mol. The molecule has 1 aliphatic heterocycles. The minimum absolute atomic E-state index is 0.0474. The standard InChI is InChI=1S/C26H19IN4O8/c1-38-21-13-15(12-20(27)23(21)39-14-22(32)28-16-5-3-2-4-6-16)11-19-24(33)29-26(35)30(25(19)34)17-7-9-18(10-8-17)31(36)37/h2-13H,14H2,1H3,(H,28,32)(H,29,33,35)/b19-11+. The molecule has 5 amide bonds. The number of nitro groups is 1. The van der Waals surface area contributed by atoms with E-state index in [0.29, 0.717) is 19.7 Å². The van der Waals surface area contributed by atoms with Crippen molar-refractivity contribution in [3.63, 3.8) is 0 Å². The number of urea groups is 1. The van der Waals surface area contributed by atoms with E-state index in [0.717, 1.165) is 12.1 Å². The van der Waals surface area contributed by atoms with Gasteiger partial charge in [-0.25, -0.2) is 9.69 Å². The van der Waals surface area contributed by atoms with E-state index < -0.39 is 22.8 Å². The van der Waals surface area contributed by atoms with Gasteiger partial charge in [-0.05, 0) is 70.6 Å². The molecule has 2 N–H and O–H groups in total. The molecule has 1 fully saturated rings. The molecule has 13 heteroatoms. The topological polar surface area (TPSA) is 157 Å². The Labute approximate surface area is 234 Å². The number of imide groups is 2. The van der Waals surface area contributed by atoms with Gasteiger partial charge >= 0.3 is 6.03 Å². The van der Waals surface area contributed by atoms with E-state index in [1.165, 1.54) is 31.4 Å². The molecule has 0 atom stereocenters. The smallest absolute Gasteiger partial charge is 0.335 e. The number of amides is 5. The molecule has 39 heavy (non-hydrogen) atoms. The third kappa shape index (κ3) is 6.20. The van der Waals surface area contributed by atoms with Crippen LogP contribution in [0.2, 0.25) is 0 Å². The first-order chi connectivity index (χ1) is 18.7. The Morgan fingerprint density at radius 2 is 1.79 bits per heavy atom. The van der Waals surface area contributed by atoms with Crippen LogP contribution >= 0.6 is 22.6 Å². The van der Waals surface area contributed by atoms with Gasteiger partial charge in [0.1, 0.15) is 5.57 Å². The highest BCUT2D eigenvalue weighted by Gasteiger charge is 2.37. The van der Waals surface area contributed by atoms with Gasteiger partial charge in [0.05, 0.1) is 21.3 Å².